The highest BCUT2D eigenvalue weighted by atomic mass is 19.1. The molecule has 2 aromatic heterocycles. The van der Waals surface area contributed by atoms with E-state index in [0.29, 0.717) is 28.5 Å². The first-order chi connectivity index (χ1) is 14.2. The van der Waals surface area contributed by atoms with Gasteiger partial charge in [-0.05, 0) is 55.7 Å². The van der Waals surface area contributed by atoms with Gasteiger partial charge in [0.2, 0.25) is 5.95 Å². The second-order valence-corrected chi connectivity index (χ2v) is 7.26. The highest BCUT2D eigenvalue weighted by molar-refractivity contribution is 5.99. The number of hydrogen-bond donors (Lipinski definition) is 1. The molecule has 1 aliphatic heterocycles. The SMILES string of the molecule is Nc1c2c(-c3ccc(F)cc3)nc(N3CCCCC3)nc2nn1-c1ccccc1. The van der Waals surface area contributed by atoms with Crippen LogP contribution in [-0.4, -0.2) is 32.8 Å². The maximum absolute atomic E-state index is 13.5. The van der Waals surface area contributed by atoms with Gasteiger partial charge in [0.1, 0.15) is 11.6 Å². The van der Waals surface area contributed by atoms with Crippen LogP contribution in [-0.2, 0) is 0 Å². The maximum atomic E-state index is 13.5. The minimum atomic E-state index is -0.289. The first kappa shape index (κ1) is 17.6. The fourth-order valence-corrected chi connectivity index (χ4v) is 3.82. The van der Waals surface area contributed by atoms with Crippen LogP contribution < -0.4 is 10.6 Å². The molecule has 2 aromatic carbocycles. The fraction of sp³-hybridized carbons (Fsp3) is 0.227. The van der Waals surface area contributed by atoms with Gasteiger partial charge in [-0.15, -0.1) is 5.10 Å². The zero-order valence-electron chi connectivity index (χ0n) is 15.9. The van der Waals surface area contributed by atoms with Gasteiger partial charge < -0.3 is 10.6 Å². The summed E-state index contributed by atoms with van der Waals surface area (Å²) in [5, 5.41) is 5.36. The minimum absolute atomic E-state index is 0.289. The second-order valence-electron chi connectivity index (χ2n) is 7.26. The Labute approximate surface area is 167 Å². The molecule has 0 radical (unpaired) electrons. The summed E-state index contributed by atoms with van der Waals surface area (Å²) < 4.78 is 15.2. The van der Waals surface area contributed by atoms with Gasteiger partial charge in [0, 0.05) is 18.7 Å². The van der Waals surface area contributed by atoms with Crippen LogP contribution in [0.15, 0.2) is 54.6 Å². The smallest absolute Gasteiger partial charge is 0.228 e. The van der Waals surface area contributed by atoms with Crippen LogP contribution in [0.25, 0.3) is 28.0 Å². The van der Waals surface area contributed by atoms with Gasteiger partial charge in [-0.2, -0.15) is 4.98 Å². The van der Waals surface area contributed by atoms with Crippen molar-refractivity contribution in [2.45, 2.75) is 19.3 Å². The van der Waals surface area contributed by atoms with E-state index in [1.165, 1.54) is 18.6 Å². The predicted octanol–water partition coefficient (Wildman–Crippen LogP) is 4.19. The Bertz CT molecular complexity index is 1150. The van der Waals surface area contributed by atoms with Crippen molar-refractivity contribution in [3.8, 4) is 16.9 Å². The molecular formula is C22H21FN6. The molecule has 0 atom stereocenters. The van der Waals surface area contributed by atoms with E-state index in [2.05, 4.69) is 10.00 Å². The fourth-order valence-electron chi connectivity index (χ4n) is 3.82. The third-order valence-corrected chi connectivity index (χ3v) is 5.31. The summed E-state index contributed by atoms with van der Waals surface area (Å²) >= 11 is 0. The van der Waals surface area contributed by atoms with Gasteiger partial charge >= 0.3 is 0 Å². The number of anilines is 2. The lowest BCUT2D eigenvalue weighted by molar-refractivity contribution is 0.569. The highest BCUT2D eigenvalue weighted by Crippen LogP contribution is 2.34. The molecule has 0 bridgehead atoms. The molecule has 5 rings (SSSR count). The first-order valence-electron chi connectivity index (χ1n) is 9.83. The lowest BCUT2D eigenvalue weighted by Crippen LogP contribution is -2.31. The van der Waals surface area contributed by atoms with Crippen molar-refractivity contribution in [1.82, 2.24) is 19.7 Å². The van der Waals surface area contributed by atoms with Crippen molar-refractivity contribution in [3.05, 3.63) is 60.4 Å². The molecule has 1 saturated heterocycles. The molecule has 2 N–H and O–H groups in total. The topological polar surface area (TPSA) is 72.9 Å². The number of para-hydroxylation sites is 1. The summed E-state index contributed by atoms with van der Waals surface area (Å²) in [6.07, 6.45) is 3.46. The summed E-state index contributed by atoms with van der Waals surface area (Å²) in [5.41, 5.74) is 9.36. The molecule has 3 heterocycles. The number of hydrogen-bond acceptors (Lipinski definition) is 5. The number of halogens is 1. The average molecular weight is 388 g/mol. The number of piperidine rings is 1. The third-order valence-electron chi connectivity index (χ3n) is 5.31. The van der Waals surface area contributed by atoms with Crippen LogP contribution in [0.4, 0.5) is 16.2 Å². The quantitative estimate of drug-likeness (QED) is 0.570. The van der Waals surface area contributed by atoms with Crippen molar-refractivity contribution < 1.29 is 4.39 Å². The Kier molecular flexibility index (Phi) is 4.35. The van der Waals surface area contributed by atoms with E-state index in [9.17, 15) is 4.39 Å². The Morgan fingerprint density at radius 3 is 2.31 bits per heavy atom. The zero-order chi connectivity index (χ0) is 19.8. The maximum Gasteiger partial charge on any atom is 0.228 e. The van der Waals surface area contributed by atoms with Crippen LogP contribution in [0, 0.1) is 5.82 Å². The molecule has 0 unspecified atom stereocenters. The number of rotatable bonds is 3. The molecular weight excluding hydrogens is 367 g/mol. The van der Waals surface area contributed by atoms with Gasteiger partial charge in [-0.1, -0.05) is 18.2 Å². The summed E-state index contributed by atoms with van der Waals surface area (Å²) in [5.74, 6) is 0.827. The van der Waals surface area contributed by atoms with Crippen LogP contribution in [0.3, 0.4) is 0 Å². The van der Waals surface area contributed by atoms with Crippen molar-refractivity contribution in [2.75, 3.05) is 23.7 Å². The standard InChI is InChI=1S/C22H21FN6/c23-16-11-9-15(10-12-16)19-18-20(24)29(17-7-3-1-4-8-17)27-21(18)26-22(25-19)28-13-5-2-6-14-28/h1,3-4,7-12H,2,5-6,13-14,24H2. The number of aromatic nitrogens is 4. The van der Waals surface area contributed by atoms with E-state index in [0.717, 1.165) is 37.2 Å². The van der Waals surface area contributed by atoms with E-state index in [1.54, 1.807) is 16.8 Å². The minimum Gasteiger partial charge on any atom is -0.383 e. The Hall–Kier alpha value is -3.48. The molecule has 0 aliphatic carbocycles. The molecule has 0 spiro atoms. The van der Waals surface area contributed by atoms with E-state index in [-0.39, 0.29) is 5.82 Å². The highest BCUT2D eigenvalue weighted by Gasteiger charge is 2.22. The summed E-state index contributed by atoms with van der Waals surface area (Å²) in [4.78, 5) is 11.8. The normalized spacial score (nSPS) is 14.4. The van der Waals surface area contributed by atoms with Crippen molar-refractivity contribution in [1.29, 1.82) is 0 Å². The molecule has 0 amide bonds. The Balaban J connectivity index is 1.74. The van der Waals surface area contributed by atoms with E-state index in [4.69, 9.17) is 15.7 Å². The molecule has 6 nitrogen and oxygen atoms in total. The molecule has 7 heteroatoms. The lowest BCUT2D eigenvalue weighted by atomic mass is 10.1. The molecule has 4 aromatic rings. The predicted molar refractivity (Wildman–Crippen MR) is 113 cm³/mol. The van der Waals surface area contributed by atoms with Gasteiger partial charge in [0.25, 0.3) is 0 Å². The van der Waals surface area contributed by atoms with Crippen LogP contribution in [0.1, 0.15) is 19.3 Å². The van der Waals surface area contributed by atoms with Crippen molar-refractivity contribution >= 4 is 22.8 Å². The van der Waals surface area contributed by atoms with Gasteiger partial charge in [-0.25, -0.2) is 14.1 Å². The number of nitrogens with zero attached hydrogens (tertiary/aromatic N) is 5. The van der Waals surface area contributed by atoms with E-state index >= 15 is 0 Å². The number of fused-ring (bicyclic) bond motifs is 1. The van der Waals surface area contributed by atoms with Crippen molar-refractivity contribution in [3.63, 3.8) is 0 Å². The number of benzene rings is 2. The largest absolute Gasteiger partial charge is 0.383 e. The summed E-state index contributed by atoms with van der Waals surface area (Å²) in [6.45, 7) is 1.84. The monoisotopic (exact) mass is 388 g/mol. The Morgan fingerprint density at radius 1 is 0.862 bits per heavy atom. The van der Waals surface area contributed by atoms with Crippen molar-refractivity contribution in [2.24, 2.45) is 0 Å². The third kappa shape index (κ3) is 3.18. The molecule has 29 heavy (non-hydrogen) atoms. The summed E-state index contributed by atoms with van der Waals surface area (Å²) in [6, 6.07) is 16.0. The molecule has 0 saturated carbocycles. The zero-order valence-corrected chi connectivity index (χ0v) is 15.9. The number of nitrogen functional groups attached to an aromatic ring is 1. The first-order valence-corrected chi connectivity index (χ1v) is 9.83. The van der Waals surface area contributed by atoms with Crippen LogP contribution >= 0.6 is 0 Å². The average Bonchev–Trinajstić information content (AvgIpc) is 3.11. The van der Waals surface area contributed by atoms with Gasteiger partial charge in [0.15, 0.2) is 5.65 Å². The number of nitrogens with two attached hydrogens (primary N) is 1. The van der Waals surface area contributed by atoms with Crippen LogP contribution in [0.5, 0.6) is 0 Å². The Morgan fingerprint density at radius 2 is 1.59 bits per heavy atom. The van der Waals surface area contributed by atoms with Crippen LogP contribution in [0.2, 0.25) is 0 Å². The second kappa shape index (κ2) is 7.16. The molecule has 1 aliphatic rings. The van der Waals surface area contributed by atoms with E-state index < -0.39 is 0 Å². The molecule has 1 fully saturated rings. The van der Waals surface area contributed by atoms with E-state index in [1.807, 2.05) is 30.3 Å². The van der Waals surface area contributed by atoms with Gasteiger partial charge in [0.05, 0.1) is 16.8 Å². The summed E-state index contributed by atoms with van der Waals surface area (Å²) in [7, 11) is 0. The van der Waals surface area contributed by atoms with Gasteiger partial charge in [-0.3, -0.25) is 0 Å². The lowest BCUT2D eigenvalue weighted by Gasteiger charge is -2.26. The molecule has 146 valence electrons.